The summed E-state index contributed by atoms with van der Waals surface area (Å²) in [6, 6.07) is 16.4. The van der Waals surface area contributed by atoms with Crippen LogP contribution in [0.3, 0.4) is 0 Å². The second kappa shape index (κ2) is 6.58. The van der Waals surface area contributed by atoms with Crippen molar-refractivity contribution in [2.75, 3.05) is 19.0 Å². The van der Waals surface area contributed by atoms with E-state index in [0.29, 0.717) is 0 Å². The van der Waals surface area contributed by atoms with Gasteiger partial charge in [-0.15, -0.1) is 12.4 Å². The number of halogens is 2. The molecule has 0 radical (unpaired) electrons. The fourth-order valence-electron chi connectivity index (χ4n) is 2.13. The van der Waals surface area contributed by atoms with Crippen LogP contribution in [0, 0.1) is 3.57 Å². The molecular weight excluding hydrogens is 397 g/mol. The minimum absolute atomic E-state index is 0. The van der Waals surface area contributed by atoms with Crippen LogP contribution in [-0.4, -0.2) is 24.1 Å². The molecule has 0 aliphatic carbocycles. The molecular formula is C16H15ClIN3. The van der Waals surface area contributed by atoms with E-state index in [4.69, 9.17) is 4.98 Å². The van der Waals surface area contributed by atoms with E-state index in [1.165, 1.54) is 3.57 Å². The first-order valence-electron chi connectivity index (χ1n) is 6.35. The largest absolute Gasteiger partial charge is 0.362 e. The van der Waals surface area contributed by atoms with Gasteiger partial charge in [0.15, 0.2) is 5.82 Å². The quantitative estimate of drug-likeness (QED) is 0.586. The van der Waals surface area contributed by atoms with E-state index in [0.717, 1.165) is 28.1 Å². The topological polar surface area (TPSA) is 29.0 Å². The maximum Gasteiger partial charge on any atom is 0.162 e. The van der Waals surface area contributed by atoms with Crippen LogP contribution in [0.2, 0.25) is 0 Å². The van der Waals surface area contributed by atoms with E-state index >= 15 is 0 Å². The molecule has 0 aliphatic heterocycles. The first kappa shape index (κ1) is 16.0. The van der Waals surface area contributed by atoms with Crippen molar-refractivity contribution in [1.29, 1.82) is 0 Å². The second-order valence-corrected chi connectivity index (χ2v) is 6.03. The molecule has 0 fully saturated rings. The molecule has 0 amide bonds. The minimum atomic E-state index is 0. The summed E-state index contributed by atoms with van der Waals surface area (Å²) >= 11 is 2.30. The lowest BCUT2D eigenvalue weighted by Crippen LogP contribution is -2.12. The third-order valence-electron chi connectivity index (χ3n) is 3.11. The standard InChI is InChI=1S/C16H14IN3.ClH/c1-20(2)16-13-5-3-4-6-14(13)18-15(19-16)11-7-9-12(17)10-8-11;/h3-10H,1-2H3;1H. The Morgan fingerprint density at radius 2 is 1.57 bits per heavy atom. The maximum atomic E-state index is 4.71. The van der Waals surface area contributed by atoms with Crippen LogP contribution < -0.4 is 4.90 Å². The number of rotatable bonds is 2. The number of hydrogen-bond donors (Lipinski definition) is 0. The third kappa shape index (κ3) is 3.27. The molecule has 0 N–H and O–H groups in total. The molecule has 0 unspecified atom stereocenters. The summed E-state index contributed by atoms with van der Waals surface area (Å²) in [6.45, 7) is 0. The Morgan fingerprint density at radius 3 is 2.24 bits per heavy atom. The molecule has 0 bridgehead atoms. The number of fused-ring (bicyclic) bond motifs is 1. The van der Waals surface area contributed by atoms with Gasteiger partial charge in [0, 0.05) is 28.6 Å². The Morgan fingerprint density at radius 1 is 0.905 bits per heavy atom. The predicted octanol–water partition coefficient (Wildman–Crippen LogP) is 4.39. The van der Waals surface area contributed by atoms with Crippen molar-refractivity contribution in [1.82, 2.24) is 9.97 Å². The Balaban J connectivity index is 0.00000161. The molecule has 3 rings (SSSR count). The van der Waals surface area contributed by atoms with E-state index < -0.39 is 0 Å². The summed E-state index contributed by atoms with van der Waals surface area (Å²) in [6.07, 6.45) is 0. The SMILES string of the molecule is CN(C)c1nc(-c2ccc(I)cc2)nc2ccccc12.Cl. The molecule has 5 heteroatoms. The first-order chi connectivity index (χ1) is 9.65. The van der Waals surface area contributed by atoms with Gasteiger partial charge in [-0.3, -0.25) is 0 Å². The van der Waals surface area contributed by atoms with Crippen LogP contribution in [0.25, 0.3) is 22.3 Å². The highest BCUT2D eigenvalue weighted by molar-refractivity contribution is 14.1. The molecule has 0 spiro atoms. The number of para-hydroxylation sites is 1. The lowest BCUT2D eigenvalue weighted by molar-refractivity contribution is 1.07. The zero-order valence-corrected chi connectivity index (χ0v) is 14.7. The van der Waals surface area contributed by atoms with E-state index in [1.54, 1.807) is 0 Å². The summed E-state index contributed by atoms with van der Waals surface area (Å²) in [5.41, 5.74) is 2.01. The van der Waals surface area contributed by atoms with Gasteiger partial charge in [0.25, 0.3) is 0 Å². The lowest BCUT2D eigenvalue weighted by Gasteiger charge is -2.15. The Labute approximate surface area is 144 Å². The summed E-state index contributed by atoms with van der Waals surface area (Å²) in [5.74, 6) is 1.72. The predicted molar refractivity (Wildman–Crippen MR) is 99.3 cm³/mol. The van der Waals surface area contributed by atoms with E-state index in [1.807, 2.05) is 37.2 Å². The monoisotopic (exact) mass is 411 g/mol. The molecule has 21 heavy (non-hydrogen) atoms. The van der Waals surface area contributed by atoms with Gasteiger partial charge in [0.05, 0.1) is 5.52 Å². The zero-order valence-electron chi connectivity index (χ0n) is 11.7. The molecule has 0 aliphatic rings. The first-order valence-corrected chi connectivity index (χ1v) is 7.43. The van der Waals surface area contributed by atoms with Crippen molar-refractivity contribution in [3.05, 3.63) is 52.1 Å². The average molecular weight is 412 g/mol. The summed E-state index contributed by atoms with van der Waals surface area (Å²) < 4.78 is 1.21. The number of benzene rings is 2. The fourth-order valence-corrected chi connectivity index (χ4v) is 2.49. The van der Waals surface area contributed by atoms with E-state index in [2.05, 4.69) is 57.9 Å². The van der Waals surface area contributed by atoms with Crippen LogP contribution >= 0.6 is 35.0 Å². The van der Waals surface area contributed by atoms with Gasteiger partial charge in [-0.1, -0.05) is 24.3 Å². The molecule has 0 saturated carbocycles. The summed E-state index contributed by atoms with van der Waals surface area (Å²) in [5, 5.41) is 1.08. The highest BCUT2D eigenvalue weighted by Crippen LogP contribution is 2.26. The van der Waals surface area contributed by atoms with Crippen LogP contribution in [0.5, 0.6) is 0 Å². The highest BCUT2D eigenvalue weighted by Gasteiger charge is 2.10. The maximum absolute atomic E-state index is 4.71. The summed E-state index contributed by atoms with van der Waals surface area (Å²) in [7, 11) is 4.01. The van der Waals surface area contributed by atoms with Crippen LogP contribution in [-0.2, 0) is 0 Å². The van der Waals surface area contributed by atoms with Gasteiger partial charge >= 0.3 is 0 Å². The van der Waals surface area contributed by atoms with Gasteiger partial charge < -0.3 is 4.90 Å². The third-order valence-corrected chi connectivity index (χ3v) is 3.83. The smallest absolute Gasteiger partial charge is 0.162 e. The van der Waals surface area contributed by atoms with Crippen molar-refractivity contribution >= 4 is 51.7 Å². The molecule has 1 heterocycles. The van der Waals surface area contributed by atoms with E-state index in [9.17, 15) is 0 Å². The average Bonchev–Trinajstić information content (AvgIpc) is 2.46. The Kier molecular flexibility index (Phi) is 5.00. The van der Waals surface area contributed by atoms with Gasteiger partial charge in [0.1, 0.15) is 5.82 Å². The molecule has 2 aromatic carbocycles. The molecule has 0 atom stereocenters. The summed E-state index contributed by atoms with van der Waals surface area (Å²) in [4.78, 5) is 11.4. The molecule has 108 valence electrons. The number of hydrogen-bond acceptors (Lipinski definition) is 3. The van der Waals surface area contributed by atoms with Gasteiger partial charge in [-0.2, -0.15) is 0 Å². The van der Waals surface area contributed by atoms with Crippen LogP contribution in [0.1, 0.15) is 0 Å². The normalized spacial score (nSPS) is 10.2. The number of aromatic nitrogens is 2. The molecule has 1 aromatic heterocycles. The zero-order chi connectivity index (χ0) is 14.1. The van der Waals surface area contributed by atoms with Crippen molar-refractivity contribution in [2.45, 2.75) is 0 Å². The van der Waals surface area contributed by atoms with Gasteiger partial charge in [0.2, 0.25) is 0 Å². The van der Waals surface area contributed by atoms with Crippen molar-refractivity contribution in [3.8, 4) is 11.4 Å². The van der Waals surface area contributed by atoms with Gasteiger partial charge in [-0.05, 0) is 46.9 Å². The molecule has 0 saturated heterocycles. The highest BCUT2D eigenvalue weighted by atomic mass is 127. The number of nitrogens with zero attached hydrogens (tertiary/aromatic N) is 3. The van der Waals surface area contributed by atoms with Gasteiger partial charge in [-0.25, -0.2) is 9.97 Å². The number of anilines is 1. The minimum Gasteiger partial charge on any atom is -0.362 e. The van der Waals surface area contributed by atoms with Crippen molar-refractivity contribution in [2.24, 2.45) is 0 Å². The second-order valence-electron chi connectivity index (χ2n) is 4.79. The van der Waals surface area contributed by atoms with Crippen LogP contribution in [0.15, 0.2) is 48.5 Å². The van der Waals surface area contributed by atoms with Crippen LogP contribution in [0.4, 0.5) is 5.82 Å². The van der Waals surface area contributed by atoms with Crippen molar-refractivity contribution < 1.29 is 0 Å². The van der Waals surface area contributed by atoms with E-state index in [-0.39, 0.29) is 12.4 Å². The molecule has 3 nitrogen and oxygen atoms in total. The van der Waals surface area contributed by atoms with Crippen molar-refractivity contribution in [3.63, 3.8) is 0 Å². The fraction of sp³-hybridized carbons (Fsp3) is 0.125. The molecule has 3 aromatic rings. The Hall–Kier alpha value is -1.40. The Bertz CT molecular complexity index is 757. The lowest BCUT2D eigenvalue weighted by atomic mass is 10.2.